The Morgan fingerprint density at radius 1 is 0.526 bits per heavy atom. The summed E-state index contributed by atoms with van der Waals surface area (Å²) in [6.45, 7) is 12.9. The molecule has 2 heteroatoms. The molecule has 0 saturated heterocycles. The van der Waals surface area contributed by atoms with E-state index in [1.165, 1.54) is 22.3 Å². The van der Waals surface area contributed by atoms with Crippen LogP contribution in [0.15, 0.2) is 83.0 Å². The van der Waals surface area contributed by atoms with Crippen molar-refractivity contribution in [1.29, 1.82) is 0 Å². The van der Waals surface area contributed by atoms with Crippen molar-refractivity contribution < 1.29 is 9.59 Å². The first-order valence-electron chi connectivity index (χ1n) is 14.1. The van der Waals surface area contributed by atoms with Gasteiger partial charge in [-0.15, -0.1) is 0 Å². The lowest BCUT2D eigenvalue weighted by molar-refractivity contribution is 0.0979. The minimum absolute atomic E-state index is 0.0357. The molecule has 0 heterocycles. The van der Waals surface area contributed by atoms with Crippen molar-refractivity contribution in [1.82, 2.24) is 0 Å². The van der Waals surface area contributed by atoms with Crippen molar-refractivity contribution in [3.8, 4) is 0 Å². The minimum Gasteiger partial charge on any atom is -0.289 e. The zero-order chi connectivity index (χ0) is 27.7. The van der Waals surface area contributed by atoms with Crippen LogP contribution in [0, 0.1) is 0 Å². The minimum atomic E-state index is -0.0357. The predicted octanol–water partition coefficient (Wildman–Crippen LogP) is 9.71. The average molecular weight is 509 g/mol. The molecule has 1 aliphatic rings. The van der Waals surface area contributed by atoms with Gasteiger partial charge in [0.15, 0.2) is 11.6 Å². The molecule has 0 unspecified atom stereocenters. The van der Waals surface area contributed by atoms with Crippen LogP contribution in [-0.2, 0) is 12.8 Å². The van der Waals surface area contributed by atoms with E-state index in [-0.39, 0.29) is 11.6 Å². The summed E-state index contributed by atoms with van der Waals surface area (Å²) in [6.07, 6.45) is 17.0. The standard InChI is InChI=1S/C36H44O2/c1-25(2)11-7-13-27(5)15-9-17-29-19-21-31-33(23-29)35(37)32-22-20-30(24-34(32)36(31)38)18-10-16-28(6)14-8-12-26(3)4/h11-12,15-16,19-24H,7-10,13-14,17-18H2,1-6H3/b27-15+,28-16+. The monoisotopic (exact) mass is 508 g/mol. The van der Waals surface area contributed by atoms with E-state index in [1.54, 1.807) is 0 Å². The van der Waals surface area contributed by atoms with Gasteiger partial charge in [-0.2, -0.15) is 0 Å². The maximum absolute atomic E-state index is 13.3. The number of aryl methyl sites for hydroxylation is 2. The molecule has 0 N–H and O–H groups in total. The van der Waals surface area contributed by atoms with Gasteiger partial charge in [-0.25, -0.2) is 0 Å². The third kappa shape index (κ3) is 8.38. The second-order valence-corrected chi connectivity index (χ2v) is 11.2. The van der Waals surface area contributed by atoms with Crippen molar-refractivity contribution in [3.63, 3.8) is 0 Å². The zero-order valence-corrected chi connectivity index (χ0v) is 24.2. The molecule has 1 aliphatic carbocycles. The molecule has 2 aromatic rings. The van der Waals surface area contributed by atoms with Crippen molar-refractivity contribution >= 4 is 11.6 Å². The molecule has 0 fully saturated rings. The number of allylic oxidation sites excluding steroid dienone is 8. The van der Waals surface area contributed by atoms with Gasteiger partial charge in [0.25, 0.3) is 0 Å². The quantitative estimate of drug-likeness (QED) is 0.228. The SMILES string of the molecule is CC(C)=CCC/C(C)=C/CCc1ccc2c(c1)C(=O)c1ccc(CC/C=C(\C)CCC=C(C)C)cc1C2=O. The van der Waals surface area contributed by atoms with Crippen LogP contribution in [0.1, 0.15) is 123 Å². The topological polar surface area (TPSA) is 34.1 Å². The summed E-state index contributed by atoms with van der Waals surface area (Å²) in [4.78, 5) is 26.7. The Morgan fingerprint density at radius 3 is 1.29 bits per heavy atom. The second-order valence-electron chi connectivity index (χ2n) is 11.2. The molecule has 0 aliphatic heterocycles. The van der Waals surface area contributed by atoms with Crippen molar-refractivity contribution in [2.45, 2.75) is 92.9 Å². The van der Waals surface area contributed by atoms with Gasteiger partial charge in [0.2, 0.25) is 0 Å². The largest absolute Gasteiger partial charge is 0.289 e. The summed E-state index contributed by atoms with van der Waals surface area (Å²) in [6, 6.07) is 11.6. The van der Waals surface area contributed by atoms with Crippen molar-refractivity contribution in [2.75, 3.05) is 0 Å². The number of carbonyl (C=O) groups excluding carboxylic acids is 2. The molecule has 0 radical (unpaired) electrons. The van der Waals surface area contributed by atoms with Crippen LogP contribution in [0.3, 0.4) is 0 Å². The lowest BCUT2D eigenvalue weighted by atomic mass is 9.82. The Balaban J connectivity index is 1.64. The normalized spacial score (nSPS) is 13.2. The zero-order valence-electron chi connectivity index (χ0n) is 24.2. The number of benzene rings is 2. The Morgan fingerprint density at radius 2 is 0.921 bits per heavy atom. The Hall–Kier alpha value is -3.26. The van der Waals surface area contributed by atoms with E-state index in [0.717, 1.165) is 62.5 Å². The fourth-order valence-corrected chi connectivity index (χ4v) is 4.91. The van der Waals surface area contributed by atoms with E-state index in [1.807, 2.05) is 36.4 Å². The third-order valence-corrected chi connectivity index (χ3v) is 7.18. The molecular weight excluding hydrogens is 464 g/mol. The van der Waals surface area contributed by atoms with Gasteiger partial charge in [-0.3, -0.25) is 9.59 Å². The van der Waals surface area contributed by atoms with E-state index in [4.69, 9.17) is 0 Å². The van der Waals surface area contributed by atoms with Gasteiger partial charge in [-0.1, -0.05) is 70.9 Å². The number of fused-ring (bicyclic) bond motifs is 2. The van der Waals surface area contributed by atoms with Gasteiger partial charge < -0.3 is 0 Å². The maximum atomic E-state index is 13.3. The number of hydrogen-bond acceptors (Lipinski definition) is 2. The summed E-state index contributed by atoms with van der Waals surface area (Å²) in [5, 5.41) is 0. The molecule has 0 saturated carbocycles. The number of rotatable bonds is 12. The van der Waals surface area contributed by atoms with E-state index in [2.05, 4.69) is 65.8 Å². The van der Waals surface area contributed by atoms with Crippen molar-refractivity contribution in [2.24, 2.45) is 0 Å². The molecule has 0 amide bonds. The van der Waals surface area contributed by atoms with Crippen LogP contribution >= 0.6 is 0 Å². The molecule has 38 heavy (non-hydrogen) atoms. The Kier molecular flexibility index (Phi) is 10.8. The molecule has 3 rings (SSSR count). The van der Waals surface area contributed by atoms with Crippen LogP contribution in [0.2, 0.25) is 0 Å². The van der Waals surface area contributed by atoms with Crippen LogP contribution < -0.4 is 0 Å². The second kappa shape index (κ2) is 14.0. The van der Waals surface area contributed by atoms with Crippen LogP contribution in [0.25, 0.3) is 0 Å². The van der Waals surface area contributed by atoms with Gasteiger partial charge in [0.05, 0.1) is 0 Å². The van der Waals surface area contributed by atoms with Crippen LogP contribution in [-0.4, -0.2) is 11.6 Å². The molecule has 0 aromatic heterocycles. The summed E-state index contributed by atoms with van der Waals surface area (Å²) in [5.74, 6) is -0.0714. The molecule has 0 atom stereocenters. The molecule has 2 aromatic carbocycles. The third-order valence-electron chi connectivity index (χ3n) is 7.18. The van der Waals surface area contributed by atoms with Gasteiger partial charge >= 0.3 is 0 Å². The predicted molar refractivity (Wildman–Crippen MR) is 161 cm³/mol. The molecule has 200 valence electrons. The summed E-state index contributed by atoms with van der Waals surface area (Å²) >= 11 is 0. The number of ketones is 2. The van der Waals surface area contributed by atoms with E-state index < -0.39 is 0 Å². The highest BCUT2D eigenvalue weighted by atomic mass is 16.1. The lowest BCUT2D eigenvalue weighted by Crippen LogP contribution is -2.21. The van der Waals surface area contributed by atoms with Crippen LogP contribution in [0.4, 0.5) is 0 Å². The van der Waals surface area contributed by atoms with E-state index in [9.17, 15) is 9.59 Å². The first-order valence-corrected chi connectivity index (χ1v) is 14.1. The highest BCUT2D eigenvalue weighted by Crippen LogP contribution is 2.29. The molecule has 0 bridgehead atoms. The van der Waals surface area contributed by atoms with E-state index in [0.29, 0.717) is 22.3 Å². The Labute approximate surface area is 230 Å². The van der Waals surface area contributed by atoms with Crippen molar-refractivity contribution in [3.05, 3.63) is 116 Å². The highest BCUT2D eigenvalue weighted by molar-refractivity contribution is 6.28. The smallest absolute Gasteiger partial charge is 0.194 e. The van der Waals surface area contributed by atoms with Crippen LogP contribution in [0.5, 0.6) is 0 Å². The fraction of sp³-hybridized carbons (Fsp3) is 0.389. The summed E-state index contributed by atoms with van der Waals surface area (Å²) in [5.41, 5.74) is 9.87. The molecule has 0 spiro atoms. The average Bonchev–Trinajstić information content (AvgIpc) is 2.86. The van der Waals surface area contributed by atoms with Gasteiger partial charge in [0.1, 0.15) is 0 Å². The Bertz CT molecular complexity index is 1190. The number of carbonyl (C=O) groups is 2. The molecule has 2 nitrogen and oxygen atoms in total. The lowest BCUT2D eigenvalue weighted by Gasteiger charge is -2.19. The van der Waals surface area contributed by atoms with E-state index >= 15 is 0 Å². The fourth-order valence-electron chi connectivity index (χ4n) is 4.91. The molecular formula is C36H44O2. The highest BCUT2D eigenvalue weighted by Gasteiger charge is 2.29. The van der Waals surface area contributed by atoms with Gasteiger partial charge in [0, 0.05) is 22.3 Å². The first-order chi connectivity index (χ1) is 18.2. The first kappa shape index (κ1) is 29.3. The van der Waals surface area contributed by atoms with Gasteiger partial charge in [-0.05, 0) is 116 Å². The summed E-state index contributed by atoms with van der Waals surface area (Å²) < 4.78 is 0. The number of hydrogen-bond donors (Lipinski definition) is 0. The summed E-state index contributed by atoms with van der Waals surface area (Å²) in [7, 11) is 0. The maximum Gasteiger partial charge on any atom is 0.194 e.